The number of esters is 1. The number of hydrogen-bond donors (Lipinski definition) is 1. The molecule has 0 aliphatic carbocycles. The van der Waals surface area contributed by atoms with Gasteiger partial charge in [0.1, 0.15) is 0 Å². The fraction of sp³-hybridized carbons (Fsp3) is 0.333. The van der Waals surface area contributed by atoms with Crippen LogP contribution in [0.1, 0.15) is 27.3 Å². The van der Waals surface area contributed by atoms with Crippen molar-refractivity contribution in [3.8, 4) is 0 Å². The van der Waals surface area contributed by atoms with Gasteiger partial charge in [-0.15, -0.1) is 0 Å². The molecule has 1 rings (SSSR count). The van der Waals surface area contributed by atoms with E-state index < -0.39 is 11.9 Å². The van der Waals surface area contributed by atoms with Crippen LogP contribution in [0.2, 0.25) is 0 Å². The Bertz CT molecular complexity index is 511. The molecule has 17 heavy (non-hydrogen) atoms. The minimum absolute atomic E-state index is 0.105. The first-order valence-electron chi connectivity index (χ1n) is 4.99. The molecule has 1 aromatic heterocycles. The zero-order chi connectivity index (χ0) is 13.3. The van der Waals surface area contributed by atoms with Crippen LogP contribution in [0.3, 0.4) is 0 Å². The van der Waals surface area contributed by atoms with E-state index in [-0.39, 0.29) is 11.1 Å². The number of nitrogens with zero attached hydrogens (tertiary/aromatic N) is 1. The molecule has 0 aliphatic heterocycles. The quantitative estimate of drug-likeness (QED) is 0.639. The number of methoxy groups -OCH3 is 1. The van der Waals surface area contributed by atoms with Crippen molar-refractivity contribution in [1.82, 2.24) is 4.57 Å². The molecule has 0 bridgehead atoms. The van der Waals surface area contributed by atoms with Gasteiger partial charge in [-0.2, -0.15) is 0 Å². The number of ether oxygens (including phenoxy) is 1. The number of aromatic nitrogens is 1. The largest absolute Gasteiger partial charge is 0.478 e. The molecule has 5 nitrogen and oxygen atoms in total. The number of carbonyl (C=O) groups excluding carboxylic acids is 1. The number of carboxylic acids is 1. The molecular weight excluding hydrogens is 222 g/mol. The van der Waals surface area contributed by atoms with Crippen molar-refractivity contribution in [2.45, 2.75) is 13.8 Å². The molecule has 0 fully saturated rings. The van der Waals surface area contributed by atoms with Crippen LogP contribution in [0.25, 0.3) is 5.57 Å². The Balaban J connectivity index is 3.58. The van der Waals surface area contributed by atoms with Gasteiger partial charge in [-0.05, 0) is 13.8 Å². The first-order chi connectivity index (χ1) is 7.82. The Morgan fingerprint density at radius 3 is 2.12 bits per heavy atom. The molecule has 5 heteroatoms. The fourth-order valence-electron chi connectivity index (χ4n) is 1.78. The second-order valence-electron chi connectivity index (χ2n) is 3.76. The number of hydrogen-bond acceptors (Lipinski definition) is 3. The normalized spacial score (nSPS) is 10.1. The standard InChI is InChI=1S/C12H15NO4/c1-6(11(14)15)9-7(2)13(4)8(3)10(9)12(16)17-5/h1H2,2-5H3,(H,14,15). The van der Waals surface area contributed by atoms with Gasteiger partial charge < -0.3 is 14.4 Å². The van der Waals surface area contributed by atoms with Crippen LogP contribution in [0.4, 0.5) is 0 Å². The fourth-order valence-corrected chi connectivity index (χ4v) is 1.78. The molecule has 0 saturated carbocycles. The zero-order valence-corrected chi connectivity index (χ0v) is 10.3. The van der Waals surface area contributed by atoms with Gasteiger partial charge in [-0.3, -0.25) is 0 Å². The third-order valence-corrected chi connectivity index (χ3v) is 2.93. The SMILES string of the molecule is C=C(C(=O)O)c1c(C(=O)OC)c(C)n(C)c1C. The topological polar surface area (TPSA) is 68.5 Å². The van der Waals surface area contributed by atoms with Crippen LogP contribution < -0.4 is 0 Å². The van der Waals surface area contributed by atoms with E-state index in [9.17, 15) is 9.59 Å². The van der Waals surface area contributed by atoms with Crippen LogP contribution in [-0.2, 0) is 16.6 Å². The molecule has 0 aromatic carbocycles. The predicted octanol–water partition coefficient (Wildman–Crippen LogP) is 1.53. The second-order valence-corrected chi connectivity index (χ2v) is 3.76. The first-order valence-corrected chi connectivity index (χ1v) is 4.99. The second kappa shape index (κ2) is 4.45. The minimum Gasteiger partial charge on any atom is -0.478 e. The number of aliphatic carboxylic acids is 1. The lowest BCUT2D eigenvalue weighted by Gasteiger charge is -2.04. The summed E-state index contributed by atoms with van der Waals surface area (Å²) < 4.78 is 6.42. The predicted molar refractivity (Wildman–Crippen MR) is 62.9 cm³/mol. The number of carbonyl (C=O) groups is 2. The van der Waals surface area contributed by atoms with Gasteiger partial charge in [0.25, 0.3) is 0 Å². The Hall–Kier alpha value is -2.04. The molecule has 1 N–H and O–H groups in total. The summed E-state index contributed by atoms with van der Waals surface area (Å²) in [5, 5.41) is 8.98. The average Bonchev–Trinajstić information content (AvgIpc) is 2.51. The van der Waals surface area contributed by atoms with Crippen molar-refractivity contribution in [1.29, 1.82) is 0 Å². The Morgan fingerprint density at radius 1 is 1.24 bits per heavy atom. The van der Waals surface area contributed by atoms with Crippen LogP contribution in [-0.4, -0.2) is 28.7 Å². The molecule has 0 spiro atoms. The molecule has 0 aliphatic rings. The summed E-state index contributed by atoms with van der Waals surface area (Å²) in [7, 11) is 3.02. The summed E-state index contributed by atoms with van der Waals surface area (Å²) >= 11 is 0. The number of carboxylic acid groups (broad SMARTS) is 1. The van der Waals surface area contributed by atoms with E-state index in [0.29, 0.717) is 17.0 Å². The summed E-state index contributed by atoms with van der Waals surface area (Å²) in [6, 6.07) is 0. The van der Waals surface area contributed by atoms with Crippen LogP contribution >= 0.6 is 0 Å². The lowest BCUT2D eigenvalue weighted by molar-refractivity contribution is -0.130. The van der Waals surface area contributed by atoms with Gasteiger partial charge in [-0.1, -0.05) is 6.58 Å². The van der Waals surface area contributed by atoms with Crippen LogP contribution in [0.15, 0.2) is 6.58 Å². The smallest absolute Gasteiger partial charge is 0.340 e. The molecule has 0 radical (unpaired) electrons. The third-order valence-electron chi connectivity index (χ3n) is 2.93. The van der Waals surface area contributed by atoms with Gasteiger partial charge in [0.15, 0.2) is 0 Å². The molecule has 92 valence electrons. The van der Waals surface area contributed by atoms with Crippen molar-refractivity contribution >= 4 is 17.5 Å². The Labute approximate surface area is 99.3 Å². The maximum Gasteiger partial charge on any atom is 0.340 e. The summed E-state index contributed by atoms with van der Waals surface area (Å²) in [6.07, 6.45) is 0. The maximum absolute atomic E-state index is 11.7. The highest BCUT2D eigenvalue weighted by Gasteiger charge is 2.26. The summed E-state index contributed by atoms with van der Waals surface area (Å²) in [5.74, 6) is -1.70. The summed E-state index contributed by atoms with van der Waals surface area (Å²) in [6.45, 7) is 6.97. The van der Waals surface area contributed by atoms with Crippen molar-refractivity contribution in [3.63, 3.8) is 0 Å². The average molecular weight is 237 g/mol. The number of rotatable bonds is 3. The lowest BCUT2D eigenvalue weighted by Crippen LogP contribution is -2.08. The summed E-state index contributed by atoms with van der Waals surface area (Å²) in [4.78, 5) is 22.7. The molecule has 0 amide bonds. The van der Waals surface area contributed by atoms with E-state index in [2.05, 4.69) is 11.3 Å². The monoisotopic (exact) mass is 237 g/mol. The van der Waals surface area contributed by atoms with Crippen molar-refractivity contribution in [3.05, 3.63) is 29.1 Å². The lowest BCUT2D eigenvalue weighted by atomic mass is 10.0. The minimum atomic E-state index is -1.15. The maximum atomic E-state index is 11.7. The van der Waals surface area contributed by atoms with E-state index >= 15 is 0 Å². The van der Waals surface area contributed by atoms with E-state index in [1.165, 1.54) is 7.11 Å². The first kappa shape index (κ1) is 13.0. The Kier molecular flexibility index (Phi) is 3.41. The zero-order valence-electron chi connectivity index (χ0n) is 10.3. The molecule has 0 atom stereocenters. The van der Waals surface area contributed by atoms with Gasteiger partial charge >= 0.3 is 11.9 Å². The van der Waals surface area contributed by atoms with E-state index in [0.717, 1.165) is 0 Å². The molecule has 1 aromatic rings. The van der Waals surface area contributed by atoms with E-state index in [4.69, 9.17) is 5.11 Å². The van der Waals surface area contributed by atoms with Gasteiger partial charge in [0, 0.05) is 24.0 Å². The van der Waals surface area contributed by atoms with Crippen molar-refractivity contribution in [2.24, 2.45) is 7.05 Å². The highest BCUT2D eigenvalue weighted by Crippen LogP contribution is 2.28. The Morgan fingerprint density at radius 2 is 1.71 bits per heavy atom. The molecule has 0 saturated heterocycles. The van der Waals surface area contributed by atoms with E-state index in [1.807, 2.05) is 0 Å². The van der Waals surface area contributed by atoms with Gasteiger partial charge in [0.05, 0.1) is 18.2 Å². The molecule has 1 heterocycles. The van der Waals surface area contributed by atoms with Crippen molar-refractivity contribution in [2.75, 3.05) is 7.11 Å². The highest BCUT2D eigenvalue weighted by molar-refractivity contribution is 6.18. The van der Waals surface area contributed by atoms with E-state index in [1.54, 1.807) is 25.5 Å². The highest BCUT2D eigenvalue weighted by atomic mass is 16.5. The third kappa shape index (κ3) is 1.95. The van der Waals surface area contributed by atoms with Gasteiger partial charge in [-0.25, -0.2) is 9.59 Å². The van der Waals surface area contributed by atoms with Crippen LogP contribution in [0.5, 0.6) is 0 Å². The van der Waals surface area contributed by atoms with Gasteiger partial charge in [0.2, 0.25) is 0 Å². The molecule has 0 unspecified atom stereocenters. The summed E-state index contributed by atoms with van der Waals surface area (Å²) in [5.41, 5.74) is 1.83. The van der Waals surface area contributed by atoms with Crippen LogP contribution in [0, 0.1) is 13.8 Å². The molecular formula is C12H15NO4. The van der Waals surface area contributed by atoms with Crippen molar-refractivity contribution < 1.29 is 19.4 Å².